The third kappa shape index (κ3) is 2.90. The van der Waals surface area contributed by atoms with E-state index in [0.717, 1.165) is 25.1 Å². The third-order valence-corrected chi connectivity index (χ3v) is 4.24. The number of benzene rings is 1. The number of nitrogens with zero attached hydrogens (tertiary/aromatic N) is 3. The highest BCUT2D eigenvalue weighted by molar-refractivity contribution is 5.97. The van der Waals surface area contributed by atoms with Crippen molar-refractivity contribution in [2.24, 2.45) is 0 Å². The summed E-state index contributed by atoms with van der Waals surface area (Å²) in [5.41, 5.74) is 2.25. The van der Waals surface area contributed by atoms with E-state index in [1.807, 2.05) is 0 Å². The average Bonchev–Trinajstić information content (AvgIpc) is 2.92. The number of pyridine rings is 1. The minimum atomic E-state index is -4.75. The summed E-state index contributed by atoms with van der Waals surface area (Å²) >= 11 is 0. The van der Waals surface area contributed by atoms with E-state index in [9.17, 15) is 18.0 Å². The van der Waals surface area contributed by atoms with E-state index in [4.69, 9.17) is 0 Å². The Labute approximate surface area is 145 Å². The van der Waals surface area contributed by atoms with E-state index < -0.39 is 6.36 Å². The van der Waals surface area contributed by atoms with Gasteiger partial charge < -0.3 is 10.1 Å². The van der Waals surface area contributed by atoms with Crippen molar-refractivity contribution >= 4 is 17.3 Å². The maximum absolute atomic E-state index is 12.3. The second-order valence-corrected chi connectivity index (χ2v) is 5.91. The molecule has 0 amide bonds. The third-order valence-electron chi connectivity index (χ3n) is 4.24. The Bertz CT molecular complexity index is 963. The van der Waals surface area contributed by atoms with Crippen molar-refractivity contribution in [1.82, 2.24) is 20.1 Å². The Kier molecular flexibility index (Phi) is 3.87. The van der Waals surface area contributed by atoms with Crippen LogP contribution < -0.4 is 10.1 Å². The molecule has 1 aliphatic rings. The Morgan fingerprint density at radius 2 is 1.92 bits per heavy atom. The molecule has 0 unspecified atom stereocenters. The minimum absolute atomic E-state index is 0.162. The number of halogens is 3. The van der Waals surface area contributed by atoms with Crippen LogP contribution in [-0.2, 0) is 0 Å². The first-order valence-corrected chi connectivity index (χ1v) is 7.86. The predicted octanol–water partition coefficient (Wildman–Crippen LogP) is 2.82. The molecule has 3 heterocycles. The SMILES string of the molecule is O=Cc1ccnc2c1c(C1CNC1)nn2-c1ccc(OC(F)(F)F)cc1. The largest absolute Gasteiger partial charge is 0.573 e. The van der Waals surface area contributed by atoms with Gasteiger partial charge in [-0.25, -0.2) is 9.67 Å². The Morgan fingerprint density at radius 3 is 2.50 bits per heavy atom. The molecule has 1 aliphatic heterocycles. The highest BCUT2D eigenvalue weighted by Crippen LogP contribution is 2.31. The number of hydrogen-bond acceptors (Lipinski definition) is 5. The van der Waals surface area contributed by atoms with Gasteiger partial charge in [-0.05, 0) is 30.3 Å². The number of hydrogen-bond donors (Lipinski definition) is 1. The topological polar surface area (TPSA) is 69.0 Å². The zero-order valence-corrected chi connectivity index (χ0v) is 13.3. The van der Waals surface area contributed by atoms with Gasteiger partial charge in [0, 0.05) is 30.8 Å². The van der Waals surface area contributed by atoms with Crippen molar-refractivity contribution in [3.8, 4) is 11.4 Å². The van der Waals surface area contributed by atoms with Gasteiger partial charge in [0.05, 0.1) is 16.8 Å². The van der Waals surface area contributed by atoms with Crippen molar-refractivity contribution in [1.29, 1.82) is 0 Å². The first-order chi connectivity index (χ1) is 12.5. The van der Waals surface area contributed by atoms with E-state index >= 15 is 0 Å². The molecule has 3 aromatic rings. The fourth-order valence-corrected chi connectivity index (χ4v) is 2.93. The van der Waals surface area contributed by atoms with Crippen LogP contribution in [0.5, 0.6) is 5.75 Å². The molecule has 0 atom stereocenters. The van der Waals surface area contributed by atoms with Crippen molar-refractivity contribution in [3.05, 3.63) is 47.8 Å². The highest BCUT2D eigenvalue weighted by atomic mass is 19.4. The number of alkyl halides is 3. The molecule has 9 heteroatoms. The lowest BCUT2D eigenvalue weighted by Gasteiger charge is -2.25. The summed E-state index contributed by atoms with van der Waals surface area (Å²) in [6.45, 7) is 1.50. The monoisotopic (exact) mass is 362 g/mol. The first kappa shape index (κ1) is 16.5. The smallest absolute Gasteiger partial charge is 0.406 e. The van der Waals surface area contributed by atoms with E-state index in [1.54, 1.807) is 6.07 Å². The molecule has 0 saturated carbocycles. The zero-order valence-electron chi connectivity index (χ0n) is 13.3. The fourth-order valence-electron chi connectivity index (χ4n) is 2.93. The number of aromatic nitrogens is 3. The summed E-state index contributed by atoms with van der Waals surface area (Å²) in [5, 5.41) is 8.42. The number of rotatable bonds is 4. The molecule has 4 rings (SSSR count). The van der Waals surface area contributed by atoms with Gasteiger partial charge in [0.2, 0.25) is 0 Å². The van der Waals surface area contributed by atoms with Gasteiger partial charge in [0.25, 0.3) is 0 Å². The summed E-state index contributed by atoms with van der Waals surface area (Å²) in [5.74, 6) is -0.155. The molecule has 0 spiro atoms. The maximum atomic E-state index is 12.3. The molecule has 0 aliphatic carbocycles. The van der Waals surface area contributed by atoms with Crippen LogP contribution in [0.25, 0.3) is 16.7 Å². The Hall–Kier alpha value is -2.94. The lowest BCUT2D eigenvalue weighted by Crippen LogP contribution is -2.40. The van der Waals surface area contributed by atoms with Crippen LogP contribution in [0, 0.1) is 0 Å². The molecule has 1 saturated heterocycles. The number of nitrogens with one attached hydrogen (secondary N) is 1. The van der Waals surface area contributed by atoms with Gasteiger partial charge in [-0.3, -0.25) is 4.79 Å². The van der Waals surface area contributed by atoms with Crippen LogP contribution in [0.2, 0.25) is 0 Å². The van der Waals surface area contributed by atoms with E-state index in [-0.39, 0.29) is 11.7 Å². The van der Waals surface area contributed by atoms with Crippen molar-refractivity contribution < 1.29 is 22.7 Å². The van der Waals surface area contributed by atoms with Crippen LogP contribution >= 0.6 is 0 Å². The molecule has 134 valence electrons. The van der Waals surface area contributed by atoms with Crippen molar-refractivity contribution in [3.63, 3.8) is 0 Å². The van der Waals surface area contributed by atoms with Crippen LogP contribution in [0.15, 0.2) is 36.5 Å². The van der Waals surface area contributed by atoms with Crippen molar-refractivity contribution in [2.45, 2.75) is 12.3 Å². The second kappa shape index (κ2) is 6.10. The maximum Gasteiger partial charge on any atom is 0.573 e. The van der Waals surface area contributed by atoms with E-state index in [1.165, 1.54) is 35.1 Å². The summed E-state index contributed by atoms with van der Waals surface area (Å²) in [4.78, 5) is 15.7. The molecule has 26 heavy (non-hydrogen) atoms. The number of carbonyl (C=O) groups excluding carboxylic acids is 1. The van der Waals surface area contributed by atoms with E-state index in [2.05, 4.69) is 20.1 Å². The Morgan fingerprint density at radius 1 is 1.19 bits per heavy atom. The highest BCUT2D eigenvalue weighted by Gasteiger charge is 2.31. The molecule has 6 nitrogen and oxygen atoms in total. The molecule has 1 fully saturated rings. The summed E-state index contributed by atoms with van der Waals surface area (Å²) in [6.07, 6.45) is -2.48. The Balaban J connectivity index is 1.80. The van der Waals surface area contributed by atoms with Gasteiger partial charge in [-0.1, -0.05) is 0 Å². The summed E-state index contributed by atoms with van der Waals surface area (Å²) in [6, 6.07) is 6.98. The molecule has 1 N–H and O–H groups in total. The molecule has 0 radical (unpaired) electrons. The van der Waals surface area contributed by atoms with E-state index in [0.29, 0.717) is 22.3 Å². The number of ether oxygens (including phenoxy) is 1. The molecule has 1 aromatic carbocycles. The van der Waals surface area contributed by atoms with Gasteiger partial charge in [0.15, 0.2) is 11.9 Å². The van der Waals surface area contributed by atoms with Gasteiger partial charge in [0.1, 0.15) is 5.75 Å². The minimum Gasteiger partial charge on any atom is -0.406 e. The standard InChI is InChI=1S/C17H13F3N4O2/c18-17(19,20)26-13-3-1-12(2-4-13)24-16-14(10(9-25)5-6-22-16)15(23-24)11-7-21-8-11/h1-6,9,11,21H,7-8H2. The number of carbonyl (C=O) groups is 1. The molecule has 0 bridgehead atoms. The quantitative estimate of drug-likeness (QED) is 0.723. The average molecular weight is 362 g/mol. The zero-order chi connectivity index (χ0) is 18.3. The molecular weight excluding hydrogens is 349 g/mol. The first-order valence-electron chi connectivity index (χ1n) is 7.86. The van der Waals surface area contributed by atoms with Gasteiger partial charge >= 0.3 is 6.36 Å². The summed E-state index contributed by atoms with van der Waals surface area (Å²) in [7, 11) is 0. The van der Waals surface area contributed by atoms with Crippen LogP contribution in [0.3, 0.4) is 0 Å². The summed E-state index contributed by atoms with van der Waals surface area (Å²) < 4.78 is 42.3. The normalized spacial score (nSPS) is 15.0. The van der Waals surface area contributed by atoms with Crippen LogP contribution in [0.1, 0.15) is 22.0 Å². The molecular formula is C17H13F3N4O2. The lowest BCUT2D eigenvalue weighted by molar-refractivity contribution is -0.274. The predicted molar refractivity (Wildman–Crippen MR) is 86.5 cm³/mol. The van der Waals surface area contributed by atoms with Crippen molar-refractivity contribution in [2.75, 3.05) is 13.1 Å². The fraction of sp³-hybridized carbons (Fsp3) is 0.235. The second-order valence-electron chi connectivity index (χ2n) is 5.91. The van der Waals surface area contributed by atoms with Gasteiger partial charge in [-0.15, -0.1) is 13.2 Å². The number of fused-ring (bicyclic) bond motifs is 1. The van der Waals surface area contributed by atoms with Gasteiger partial charge in [-0.2, -0.15) is 5.10 Å². The van der Waals surface area contributed by atoms with Crippen LogP contribution in [-0.4, -0.2) is 40.5 Å². The lowest BCUT2D eigenvalue weighted by atomic mass is 9.96. The molecule has 2 aromatic heterocycles. The van der Waals surface area contributed by atoms with Crippen LogP contribution in [0.4, 0.5) is 13.2 Å². The number of aldehydes is 1.